The summed E-state index contributed by atoms with van der Waals surface area (Å²) >= 11 is 6.21. The Labute approximate surface area is 120 Å². The predicted octanol–water partition coefficient (Wildman–Crippen LogP) is 5.19. The molecule has 3 rings (SSSR count). The van der Waals surface area contributed by atoms with Crippen molar-refractivity contribution in [1.29, 1.82) is 0 Å². The highest BCUT2D eigenvalue weighted by Crippen LogP contribution is 2.57. The van der Waals surface area contributed by atoms with E-state index in [0.717, 1.165) is 12.0 Å². The number of rotatable bonds is 3. The summed E-state index contributed by atoms with van der Waals surface area (Å²) in [5.41, 5.74) is 0.891. The number of alkyl halides is 1. The molecule has 3 atom stereocenters. The van der Waals surface area contributed by atoms with Crippen LogP contribution < -0.4 is 0 Å². The average Bonchev–Trinajstić information content (AvgIpc) is 3.18. The molecular weight excluding hydrogens is 285 g/mol. The molecule has 0 nitrogen and oxygen atoms in total. The summed E-state index contributed by atoms with van der Waals surface area (Å²) in [4.78, 5) is 0. The van der Waals surface area contributed by atoms with Gasteiger partial charge in [-0.2, -0.15) is 0 Å². The second kappa shape index (κ2) is 5.13. The number of hydrogen-bond acceptors (Lipinski definition) is 0. The van der Waals surface area contributed by atoms with Crippen LogP contribution in [0, 0.1) is 23.4 Å². The number of halogens is 4. The van der Waals surface area contributed by atoms with Crippen molar-refractivity contribution in [1.82, 2.24) is 0 Å². The summed E-state index contributed by atoms with van der Waals surface area (Å²) in [6.45, 7) is 0. The second-order valence-corrected chi connectivity index (χ2v) is 5.57. The maximum Gasteiger partial charge on any atom is 0.133 e. The zero-order valence-corrected chi connectivity index (χ0v) is 11.2. The van der Waals surface area contributed by atoms with Crippen LogP contribution in [0.25, 0.3) is 0 Å². The largest absolute Gasteiger partial charge is 0.207 e. The van der Waals surface area contributed by atoms with Crippen LogP contribution in [0.4, 0.5) is 13.2 Å². The van der Waals surface area contributed by atoms with E-state index in [-0.39, 0.29) is 17.4 Å². The maximum atomic E-state index is 13.7. The lowest BCUT2D eigenvalue weighted by Gasteiger charge is -2.12. The molecule has 0 aromatic heterocycles. The molecule has 104 valence electrons. The molecule has 0 saturated heterocycles. The minimum absolute atomic E-state index is 0.0199. The van der Waals surface area contributed by atoms with Crippen LogP contribution in [0.3, 0.4) is 0 Å². The minimum atomic E-state index is -0.928. The van der Waals surface area contributed by atoms with Crippen LogP contribution in [-0.2, 0) is 0 Å². The summed E-state index contributed by atoms with van der Waals surface area (Å²) in [5, 5.41) is -0.777. The monoisotopic (exact) mass is 296 g/mol. The fraction of sp³-hybridized carbons (Fsp3) is 0.250. The van der Waals surface area contributed by atoms with Gasteiger partial charge in [-0.15, -0.1) is 11.6 Å². The van der Waals surface area contributed by atoms with Gasteiger partial charge in [0.15, 0.2) is 0 Å². The van der Waals surface area contributed by atoms with Crippen molar-refractivity contribution in [2.45, 2.75) is 17.7 Å². The zero-order valence-electron chi connectivity index (χ0n) is 10.5. The minimum Gasteiger partial charge on any atom is -0.207 e. The summed E-state index contributed by atoms with van der Waals surface area (Å²) < 4.78 is 40.3. The predicted molar refractivity (Wildman–Crippen MR) is 72.2 cm³/mol. The number of benzene rings is 2. The Morgan fingerprint density at radius 1 is 1.00 bits per heavy atom. The van der Waals surface area contributed by atoms with E-state index in [2.05, 4.69) is 0 Å². The Morgan fingerprint density at radius 3 is 2.20 bits per heavy atom. The first-order chi connectivity index (χ1) is 9.58. The van der Waals surface area contributed by atoms with Crippen molar-refractivity contribution in [3.05, 3.63) is 71.0 Å². The summed E-state index contributed by atoms with van der Waals surface area (Å²) in [7, 11) is 0. The van der Waals surface area contributed by atoms with Crippen LogP contribution in [0.5, 0.6) is 0 Å². The van der Waals surface area contributed by atoms with Gasteiger partial charge in [0.25, 0.3) is 0 Å². The van der Waals surface area contributed by atoms with Gasteiger partial charge in [-0.3, -0.25) is 0 Å². The highest BCUT2D eigenvalue weighted by molar-refractivity contribution is 6.21. The standard InChI is InChI=1S/C16H12ClF3/c17-16(15-13(19)6-10(18)7-14(15)20)12-8-11(12)9-4-2-1-3-5-9/h1-7,11-12,16H,8H2. The lowest BCUT2D eigenvalue weighted by Crippen LogP contribution is -2.03. The van der Waals surface area contributed by atoms with E-state index >= 15 is 0 Å². The average molecular weight is 297 g/mol. The molecule has 3 unspecified atom stereocenters. The van der Waals surface area contributed by atoms with Crippen molar-refractivity contribution in [3.8, 4) is 0 Å². The lowest BCUT2D eigenvalue weighted by atomic mass is 10.0. The topological polar surface area (TPSA) is 0 Å². The van der Waals surface area contributed by atoms with Gasteiger partial charge in [-0.25, -0.2) is 13.2 Å². The second-order valence-electron chi connectivity index (χ2n) is 5.10. The van der Waals surface area contributed by atoms with Gasteiger partial charge in [0, 0.05) is 17.7 Å². The lowest BCUT2D eigenvalue weighted by molar-refractivity contribution is 0.513. The molecule has 0 N–H and O–H groups in total. The molecule has 2 aromatic rings. The molecular formula is C16H12ClF3. The molecule has 1 saturated carbocycles. The third-order valence-corrected chi connectivity index (χ3v) is 4.30. The van der Waals surface area contributed by atoms with E-state index in [9.17, 15) is 13.2 Å². The molecule has 1 aliphatic rings. The summed E-state index contributed by atoms with van der Waals surface area (Å²) in [5.74, 6) is -2.57. The van der Waals surface area contributed by atoms with Crippen molar-refractivity contribution < 1.29 is 13.2 Å². The van der Waals surface area contributed by atoms with E-state index in [1.807, 2.05) is 30.3 Å². The normalized spacial score (nSPS) is 22.6. The van der Waals surface area contributed by atoms with E-state index in [0.29, 0.717) is 12.1 Å². The molecule has 4 heteroatoms. The SMILES string of the molecule is Fc1cc(F)c(C(Cl)C2CC2c2ccccc2)c(F)c1. The van der Waals surface area contributed by atoms with Gasteiger partial charge < -0.3 is 0 Å². The summed E-state index contributed by atoms with van der Waals surface area (Å²) in [6.07, 6.45) is 0.786. The van der Waals surface area contributed by atoms with Crippen LogP contribution in [0.1, 0.15) is 28.8 Å². The Morgan fingerprint density at radius 2 is 1.60 bits per heavy atom. The first-order valence-corrected chi connectivity index (χ1v) is 6.85. The molecule has 0 amide bonds. The van der Waals surface area contributed by atoms with Crippen LogP contribution in [-0.4, -0.2) is 0 Å². The number of hydrogen-bond donors (Lipinski definition) is 0. The molecule has 1 aliphatic carbocycles. The highest BCUT2D eigenvalue weighted by Gasteiger charge is 2.45. The van der Waals surface area contributed by atoms with Crippen LogP contribution in [0.15, 0.2) is 42.5 Å². The third-order valence-electron chi connectivity index (χ3n) is 3.76. The molecule has 0 spiro atoms. The van der Waals surface area contributed by atoms with Gasteiger partial charge in [0.1, 0.15) is 17.5 Å². The van der Waals surface area contributed by atoms with Gasteiger partial charge in [0.05, 0.1) is 5.38 Å². The fourth-order valence-electron chi connectivity index (χ4n) is 2.65. The third kappa shape index (κ3) is 2.42. The quantitative estimate of drug-likeness (QED) is 0.684. The molecule has 0 heterocycles. The molecule has 0 bridgehead atoms. The molecule has 20 heavy (non-hydrogen) atoms. The molecule has 0 radical (unpaired) electrons. The van der Waals surface area contributed by atoms with Gasteiger partial charge in [0.2, 0.25) is 0 Å². The van der Waals surface area contributed by atoms with Crippen molar-refractivity contribution in [2.24, 2.45) is 5.92 Å². The fourth-order valence-corrected chi connectivity index (χ4v) is 3.14. The molecule has 1 fully saturated rings. The van der Waals surface area contributed by atoms with E-state index < -0.39 is 22.8 Å². The zero-order chi connectivity index (χ0) is 14.3. The van der Waals surface area contributed by atoms with Gasteiger partial charge in [-0.1, -0.05) is 30.3 Å². The first kappa shape index (κ1) is 13.5. The van der Waals surface area contributed by atoms with Crippen molar-refractivity contribution in [2.75, 3.05) is 0 Å². The first-order valence-electron chi connectivity index (χ1n) is 6.41. The van der Waals surface area contributed by atoms with E-state index in [1.165, 1.54) is 0 Å². The Hall–Kier alpha value is -1.48. The van der Waals surface area contributed by atoms with Gasteiger partial charge in [-0.05, 0) is 23.8 Å². The Balaban J connectivity index is 1.84. The highest BCUT2D eigenvalue weighted by atomic mass is 35.5. The molecule has 2 aromatic carbocycles. The van der Waals surface area contributed by atoms with Gasteiger partial charge >= 0.3 is 0 Å². The molecule has 0 aliphatic heterocycles. The Kier molecular flexibility index (Phi) is 3.47. The maximum absolute atomic E-state index is 13.7. The van der Waals surface area contributed by atoms with Crippen molar-refractivity contribution >= 4 is 11.6 Å². The van der Waals surface area contributed by atoms with Crippen LogP contribution >= 0.6 is 11.6 Å². The van der Waals surface area contributed by atoms with E-state index in [4.69, 9.17) is 11.6 Å². The van der Waals surface area contributed by atoms with Crippen molar-refractivity contribution in [3.63, 3.8) is 0 Å². The smallest absolute Gasteiger partial charge is 0.133 e. The van der Waals surface area contributed by atoms with E-state index in [1.54, 1.807) is 0 Å². The summed E-state index contributed by atoms with van der Waals surface area (Å²) in [6, 6.07) is 11.1. The Bertz CT molecular complexity index is 604. The van der Waals surface area contributed by atoms with Crippen LogP contribution in [0.2, 0.25) is 0 Å².